The molecule has 2 heterocycles. The van der Waals surface area contributed by atoms with Gasteiger partial charge in [-0.25, -0.2) is 0 Å². The van der Waals surface area contributed by atoms with Crippen molar-refractivity contribution in [3.8, 4) is 0 Å². The first kappa shape index (κ1) is 12.7. The minimum atomic E-state index is 0.419. The van der Waals surface area contributed by atoms with Gasteiger partial charge in [-0.05, 0) is 52.9 Å². The Labute approximate surface area is 119 Å². The number of rotatable bonds is 4. The summed E-state index contributed by atoms with van der Waals surface area (Å²) in [5.74, 6) is 0. The van der Waals surface area contributed by atoms with Gasteiger partial charge in [-0.1, -0.05) is 12.1 Å². The van der Waals surface area contributed by atoms with Crippen molar-refractivity contribution in [1.82, 2.24) is 5.32 Å². The maximum Gasteiger partial charge on any atom is 0.0397 e. The Bertz CT molecular complexity index is 548. The number of thiophene rings is 1. The van der Waals surface area contributed by atoms with Crippen molar-refractivity contribution < 1.29 is 0 Å². The number of nitrogens with zero attached hydrogens (tertiary/aromatic N) is 1. The van der Waals surface area contributed by atoms with Gasteiger partial charge in [-0.3, -0.25) is 0 Å². The zero-order valence-corrected chi connectivity index (χ0v) is 12.3. The molecule has 0 saturated heterocycles. The Morgan fingerprint density at radius 1 is 1.37 bits per heavy atom. The van der Waals surface area contributed by atoms with E-state index >= 15 is 0 Å². The van der Waals surface area contributed by atoms with Crippen LogP contribution in [0.4, 0.5) is 5.69 Å². The highest BCUT2D eigenvalue weighted by Crippen LogP contribution is 2.27. The number of anilines is 1. The fourth-order valence-electron chi connectivity index (χ4n) is 2.64. The minimum absolute atomic E-state index is 0.419. The molecule has 3 rings (SSSR count). The molecule has 1 unspecified atom stereocenters. The lowest BCUT2D eigenvalue weighted by molar-refractivity contribution is 0.576. The molecule has 0 bridgehead atoms. The number of fused-ring (bicyclic) bond motifs is 1. The largest absolute Gasteiger partial charge is 0.374 e. The van der Waals surface area contributed by atoms with Gasteiger partial charge in [0, 0.05) is 31.9 Å². The molecule has 0 aliphatic carbocycles. The van der Waals surface area contributed by atoms with Gasteiger partial charge in [0.15, 0.2) is 0 Å². The molecule has 0 fully saturated rings. The zero-order valence-electron chi connectivity index (χ0n) is 11.5. The Morgan fingerprint density at radius 2 is 2.26 bits per heavy atom. The lowest BCUT2D eigenvalue weighted by Gasteiger charge is -2.14. The van der Waals surface area contributed by atoms with Crippen LogP contribution in [-0.2, 0) is 13.0 Å². The van der Waals surface area contributed by atoms with Crippen LogP contribution in [0.15, 0.2) is 35.0 Å². The minimum Gasteiger partial charge on any atom is -0.374 e. The van der Waals surface area contributed by atoms with Gasteiger partial charge in [0.05, 0.1) is 0 Å². The molecule has 1 aliphatic heterocycles. The Balaban J connectivity index is 1.65. The van der Waals surface area contributed by atoms with Crippen molar-refractivity contribution in [2.24, 2.45) is 0 Å². The summed E-state index contributed by atoms with van der Waals surface area (Å²) >= 11 is 1.76. The van der Waals surface area contributed by atoms with Crippen LogP contribution in [0.25, 0.3) is 0 Å². The molecule has 100 valence electrons. The van der Waals surface area contributed by atoms with E-state index in [-0.39, 0.29) is 0 Å². The lowest BCUT2D eigenvalue weighted by Crippen LogP contribution is -2.17. The predicted octanol–water partition coefficient (Wildman–Crippen LogP) is 3.59. The van der Waals surface area contributed by atoms with Crippen molar-refractivity contribution in [1.29, 1.82) is 0 Å². The van der Waals surface area contributed by atoms with Gasteiger partial charge in [0.1, 0.15) is 0 Å². The van der Waals surface area contributed by atoms with E-state index in [0.29, 0.717) is 6.04 Å². The van der Waals surface area contributed by atoms with Gasteiger partial charge < -0.3 is 10.2 Å². The van der Waals surface area contributed by atoms with Crippen LogP contribution < -0.4 is 10.2 Å². The third kappa shape index (κ3) is 2.67. The van der Waals surface area contributed by atoms with Crippen molar-refractivity contribution in [2.45, 2.75) is 25.9 Å². The van der Waals surface area contributed by atoms with Gasteiger partial charge in [-0.15, -0.1) is 0 Å². The van der Waals surface area contributed by atoms with Crippen LogP contribution in [-0.4, -0.2) is 13.6 Å². The van der Waals surface area contributed by atoms with Crippen molar-refractivity contribution in [2.75, 3.05) is 18.5 Å². The van der Waals surface area contributed by atoms with E-state index in [1.165, 1.54) is 28.8 Å². The molecule has 0 saturated carbocycles. The summed E-state index contributed by atoms with van der Waals surface area (Å²) in [6.07, 6.45) is 1.18. The number of hydrogen-bond donors (Lipinski definition) is 1. The van der Waals surface area contributed by atoms with Gasteiger partial charge in [0.2, 0.25) is 0 Å². The molecule has 1 aliphatic rings. The summed E-state index contributed by atoms with van der Waals surface area (Å²) in [6.45, 7) is 4.31. The van der Waals surface area contributed by atoms with Gasteiger partial charge >= 0.3 is 0 Å². The summed E-state index contributed by atoms with van der Waals surface area (Å²) in [4.78, 5) is 2.33. The van der Waals surface area contributed by atoms with Crippen LogP contribution in [0, 0.1) is 0 Å². The third-order valence-electron chi connectivity index (χ3n) is 3.93. The molecular weight excluding hydrogens is 252 g/mol. The molecule has 0 spiro atoms. The maximum atomic E-state index is 3.60. The predicted molar refractivity (Wildman–Crippen MR) is 83.0 cm³/mol. The fourth-order valence-corrected chi connectivity index (χ4v) is 3.39. The topological polar surface area (TPSA) is 15.3 Å². The van der Waals surface area contributed by atoms with Crippen LogP contribution in [0.5, 0.6) is 0 Å². The molecule has 1 aromatic carbocycles. The SMILES string of the molecule is CC(NCc1ccc2c(c1)CCN2C)c1ccsc1. The Hall–Kier alpha value is -1.32. The smallest absolute Gasteiger partial charge is 0.0397 e. The molecule has 3 heteroatoms. The summed E-state index contributed by atoms with van der Waals surface area (Å²) in [5.41, 5.74) is 5.65. The van der Waals surface area contributed by atoms with E-state index < -0.39 is 0 Å². The van der Waals surface area contributed by atoms with Crippen molar-refractivity contribution in [3.63, 3.8) is 0 Å². The molecular formula is C16H20N2S. The summed E-state index contributed by atoms with van der Waals surface area (Å²) in [5, 5.41) is 7.95. The molecule has 19 heavy (non-hydrogen) atoms. The van der Waals surface area contributed by atoms with Crippen LogP contribution >= 0.6 is 11.3 Å². The normalized spacial score (nSPS) is 15.6. The average molecular weight is 272 g/mol. The van der Waals surface area contributed by atoms with E-state index in [0.717, 1.165) is 13.1 Å². The van der Waals surface area contributed by atoms with E-state index in [1.54, 1.807) is 11.3 Å². The van der Waals surface area contributed by atoms with Gasteiger partial charge in [-0.2, -0.15) is 11.3 Å². The van der Waals surface area contributed by atoms with E-state index in [4.69, 9.17) is 0 Å². The second kappa shape index (κ2) is 5.35. The highest BCUT2D eigenvalue weighted by molar-refractivity contribution is 7.07. The second-order valence-corrected chi connectivity index (χ2v) is 6.07. The first-order valence-corrected chi connectivity index (χ1v) is 7.77. The summed E-state index contributed by atoms with van der Waals surface area (Å²) in [6, 6.07) is 9.47. The Kier molecular flexibility index (Phi) is 3.58. The number of benzene rings is 1. The first-order chi connectivity index (χ1) is 9.24. The van der Waals surface area contributed by atoms with Gasteiger partial charge in [0.25, 0.3) is 0 Å². The summed E-state index contributed by atoms with van der Waals surface area (Å²) in [7, 11) is 2.17. The zero-order chi connectivity index (χ0) is 13.2. The highest BCUT2D eigenvalue weighted by Gasteiger charge is 2.15. The molecule has 2 aromatic rings. The third-order valence-corrected chi connectivity index (χ3v) is 4.63. The van der Waals surface area contributed by atoms with Crippen LogP contribution in [0.2, 0.25) is 0 Å². The Morgan fingerprint density at radius 3 is 3.05 bits per heavy atom. The number of hydrogen-bond acceptors (Lipinski definition) is 3. The molecule has 2 nitrogen and oxygen atoms in total. The van der Waals surface area contributed by atoms with Crippen LogP contribution in [0.3, 0.4) is 0 Å². The van der Waals surface area contributed by atoms with E-state index in [1.807, 2.05) is 0 Å². The van der Waals surface area contributed by atoms with E-state index in [2.05, 4.69) is 59.2 Å². The summed E-state index contributed by atoms with van der Waals surface area (Å²) < 4.78 is 0. The highest BCUT2D eigenvalue weighted by atomic mass is 32.1. The van der Waals surface area contributed by atoms with E-state index in [9.17, 15) is 0 Å². The van der Waals surface area contributed by atoms with Crippen molar-refractivity contribution in [3.05, 3.63) is 51.7 Å². The molecule has 1 atom stereocenters. The number of nitrogens with one attached hydrogen (secondary N) is 1. The lowest BCUT2D eigenvalue weighted by atomic mass is 10.1. The van der Waals surface area contributed by atoms with Crippen molar-refractivity contribution >= 4 is 17.0 Å². The monoisotopic (exact) mass is 272 g/mol. The maximum absolute atomic E-state index is 3.60. The standard InChI is InChI=1S/C16H20N2S/c1-12(15-6-8-19-11-15)17-10-13-3-4-16-14(9-13)5-7-18(16)2/h3-4,6,8-9,11-12,17H,5,7,10H2,1-2H3. The molecule has 1 aromatic heterocycles. The number of likely N-dealkylation sites (N-methyl/N-ethyl adjacent to an activating group) is 1. The molecule has 1 N–H and O–H groups in total. The van der Waals surface area contributed by atoms with Crippen LogP contribution in [0.1, 0.15) is 29.7 Å². The fraction of sp³-hybridized carbons (Fsp3) is 0.375. The second-order valence-electron chi connectivity index (χ2n) is 5.29. The first-order valence-electron chi connectivity index (χ1n) is 6.82. The molecule has 0 radical (unpaired) electrons. The molecule has 0 amide bonds. The quantitative estimate of drug-likeness (QED) is 0.915. The average Bonchev–Trinajstić information content (AvgIpc) is 3.06.